The van der Waals surface area contributed by atoms with E-state index in [1.54, 1.807) is 11.1 Å². The molecule has 0 aliphatic rings. The first kappa shape index (κ1) is 33.2. The third-order valence-electron chi connectivity index (χ3n) is 7.10. The van der Waals surface area contributed by atoms with Crippen molar-refractivity contribution in [2.45, 2.75) is 157 Å². The highest BCUT2D eigenvalue weighted by atomic mass is 15.1. The zero-order valence-corrected chi connectivity index (χ0v) is 24.5. The lowest BCUT2D eigenvalue weighted by atomic mass is 10.0. The smallest absolute Gasteiger partial charge is 0.0165 e. The molecule has 0 aromatic carbocycles. The highest BCUT2D eigenvalue weighted by molar-refractivity contribution is 5.05. The molecule has 0 atom stereocenters. The van der Waals surface area contributed by atoms with Crippen molar-refractivity contribution >= 4 is 0 Å². The van der Waals surface area contributed by atoms with Crippen molar-refractivity contribution in [1.29, 1.82) is 0 Å². The first-order valence-electron chi connectivity index (χ1n) is 15.2. The molecule has 0 bridgehead atoms. The van der Waals surface area contributed by atoms with Gasteiger partial charge < -0.3 is 0 Å². The Hall–Kier alpha value is -0.820. The number of nitrogens with zero attached hydrogens (tertiary/aromatic N) is 1. The van der Waals surface area contributed by atoms with E-state index < -0.39 is 0 Å². The molecule has 0 fully saturated rings. The number of unbranched alkanes of at least 4 members (excludes halogenated alkanes) is 13. The molecule has 1 nitrogen and oxygen atoms in total. The Kier molecular flexibility index (Phi) is 24.7. The molecule has 1 heteroatoms. The lowest BCUT2D eigenvalue weighted by molar-refractivity contribution is 0.308. The van der Waals surface area contributed by atoms with Crippen molar-refractivity contribution < 1.29 is 0 Å². The maximum Gasteiger partial charge on any atom is 0.0165 e. The van der Waals surface area contributed by atoms with Crippen LogP contribution in [-0.2, 0) is 0 Å². The SMILES string of the molecule is CCCCCCCCCCCCCCCCN(CC)C/C=C(\C)CC/C=C(\C)CCC=C(C)C. The van der Waals surface area contributed by atoms with Gasteiger partial charge in [-0.15, -0.1) is 0 Å². The minimum Gasteiger partial charge on any atom is -0.300 e. The summed E-state index contributed by atoms with van der Waals surface area (Å²) in [4.78, 5) is 2.62. The van der Waals surface area contributed by atoms with Crippen LogP contribution in [0.3, 0.4) is 0 Å². The first-order chi connectivity index (χ1) is 16.5. The predicted molar refractivity (Wildman–Crippen MR) is 158 cm³/mol. The first-order valence-corrected chi connectivity index (χ1v) is 15.2. The highest BCUT2D eigenvalue weighted by Crippen LogP contribution is 2.14. The fourth-order valence-corrected chi connectivity index (χ4v) is 4.53. The van der Waals surface area contributed by atoms with E-state index in [9.17, 15) is 0 Å². The molecule has 0 saturated heterocycles. The summed E-state index contributed by atoms with van der Waals surface area (Å²) in [6.45, 7) is 17.1. The molecule has 0 unspecified atom stereocenters. The largest absolute Gasteiger partial charge is 0.300 e. The van der Waals surface area contributed by atoms with Gasteiger partial charge in [-0.2, -0.15) is 0 Å². The number of allylic oxidation sites excluding steroid dienone is 5. The monoisotopic (exact) mass is 473 g/mol. The average molecular weight is 474 g/mol. The van der Waals surface area contributed by atoms with E-state index in [0.29, 0.717) is 0 Å². The van der Waals surface area contributed by atoms with Gasteiger partial charge in [0.05, 0.1) is 0 Å². The van der Waals surface area contributed by atoms with Crippen LogP contribution < -0.4 is 0 Å². The van der Waals surface area contributed by atoms with Gasteiger partial charge in [-0.3, -0.25) is 4.90 Å². The average Bonchev–Trinajstić information content (AvgIpc) is 2.81. The summed E-state index contributed by atoms with van der Waals surface area (Å²) in [6, 6.07) is 0. The Morgan fingerprint density at radius 3 is 1.44 bits per heavy atom. The molecule has 0 heterocycles. The van der Waals surface area contributed by atoms with Crippen LogP contribution in [0.4, 0.5) is 0 Å². The van der Waals surface area contributed by atoms with Gasteiger partial charge in [0.15, 0.2) is 0 Å². The maximum atomic E-state index is 2.62. The summed E-state index contributed by atoms with van der Waals surface area (Å²) in [5.74, 6) is 0. The van der Waals surface area contributed by atoms with E-state index >= 15 is 0 Å². The zero-order valence-electron chi connectivity index (χ0n) is 24.5. The van der Waals surface area contributed by atoms with Crippen LogP contribution in [0.2, 0.25) is 0 Å². The molecule has 0 saturated carbocycles. The fourth-order valence-electron chi connectivity index (χ4n) is 4.53. The summed E-state index contributed by atoms with van der Waals surface area (Å²) in [7, 11) is 0. The molecule has 0 aromatic heterocycles. The van der Waals surface area contributed by atoms with Gasteiger partial charge in [-0.05, 0) is 72.9 Å². The molecule has 0 N–H and O–H groups in total. The van der Waals surface area contributed by atoms with Gasteiger partial charge in [0.2, 0.25) is 0 Å². The Bertz CT molecular complexity index is 521. The molecular formula is C33H63N. The molecule has 0 aliphatic carbocycles. The minimum atomic E-state index is 1.13. The Morgan fingerprint density at radius 2 is 0.971 bits per heavy atom. The third kappa shape index (κ3) is 24.3. The fraction of sp³-hybridized carbons (Fsp3) is 0.818. The second kappa shape index (κ2) is 25.3. The Balaban J connectivity index is 3.69. The molecule has 0 amide bonds. The lowest BCUT2D eigenvalue weighted by Crippen LogP contribution is -2.24. The minimum absolute atomic E-state index is 1.13. The molecular weight excluding hydrogens is 410 g/mol. The summed E-state index contributed by atoms with van der Waals surface area (Å²) < 4.78 is 0. The van der Waals surface area contributed by atoms with Gasteiger partial charge in [0.25, 0.3) is 0 Å². The summed E-state index contributed by atoms with van der Waals surface area (Å²) in [5.41, 5.74) is 4.52. The van der Waals surface area contributed by atoms with Crippen LogP contribution in [0.25, 0.3) is 0 Å². The van der Waals surface area contributed by atoms with Crippen molar-refractivity contribution in [3.05, 3.63) is 34.9 Å². The topological polar surface area (TPSA) is 3.24 Å². The van der Waals surface area contributed by atoms with Crippen LogP contribution in [0.15, 0.2) is 34.9 Å². The zero-order chi connectivity index (χ0) is 25.3. The molecule has 0 radical (unpaired) electrons. The van der Waals surface area contributed by atoms with E-state index in [1.807, 2.05) is 0 Å². The van der Waals surface area contributed by atoms with Gasteiger partial charge in [0, 0.05) is 6.54 Å². The molecule has 0 aliphatic heterocycles. The van der Waals surface area contributed by atoms with E-state index in [-0.39, 0.29) is 0 Å². The van der Waals surface area contributed by atoms with Crippen molar-refractivity contribution in [3.63, 3.8) is 0 Å². The van der Waals surface area contributed by atoms with Crippen LogP contribution in [-0.4, -0.2) is 24.5 Å². The standard InChI is InChI=1S/C33H63N/c1-7-9-10-11-12-13-14-15-16-17-18-19-20-21-29-34(8-2)30-28-33(6)27-23-26-32(5)25-22-24-31(3)4/h24,26,28H,7-23,25,27,29-30H2,1-6H3/b32-26+,33-28+. The van der Waals surface area contributed by atoms with Crippen molar-refractivity contribution in [1.82, 2.24) is 4.90 Å². The van der Waals surface area contributed by atoms with Crippen molar-refractivity contribution in [2.24, 2.45) is 0 Å². The Morgan fingerprint density at radius 1 is 0.529 bits per heavy atom. The second-order valence-corrected chi connectivity index (χ2v) is 10.9. The normalized spacial score (nSPS) is 12.6. The number of rotatable bonds is 24. The van der Waals surface area contributed by atoms with Crippen LogP contribution in [0.5, 0.6) is 0 Å². The quantitative estimate of drug-likeness (QED) is 0.0994. The molecule has 200 valence electrons. The van der Waals surface area contributed by atoms with Gasteiger partial charge >= 0.3 is 0 Å². The predicted octanol–water partition coefficient (Wildman–Crippen LogP) is 11.2. The number of hydrogen-bond donors (Lipinski definition) is 0. The highest BCUT2D eigenvalue weighted by Gasteiger charge is 2.01. The summed E-state index contributed by atoms with van der Waals surface area (Å²) >= 11 is 0. The molecule has 0 spiro atoms. The summed E-state index contributed by atoms with van der Waals surface area (Å²) in [6.07, 6.45) is 32.2. The lowest BCUT2D eigenvalue weighted by Gasteiger charge is -2.18. The van der Waals surface area contributed by atoms with Gasteiger partial charge in [-0.25, -0.2) is 0 Å². The second-order valence-electron chi connectivity index (χ2n) is 10.9. The molecule has 0 rings (SSSR count). The number of likely N-dealkylation sites (N-methyl/N-ethyl adjacent to an activating group) is 1. The Labute approximate surface area is 216 Å². The van der Waals surface area contributed by atoms with E-state index in [0.717, 1.165) is 6.54 Å². The summed E-state index contributed by atoms with van der Waals surface area (Å²) in [5, 5.41) is 0. The van der Waals surface area contributed by atoms with E-state index in [2.05, 4.69) is 64.7 Å². The molecule has 34 heavy (non-hydrogen) atoms. The maximum absolute atomic E-state index is 2.62. The van der Waals surface area contributed by atoms with Crippen LogP contribution in [0.1, 0.15) is 157 Å². The van der Waals surface area contributed by atoms with Crippen LogP contribution >= 0.6 is 0 Å². The van der Waals surface area contributed by atoms with E-state index in [4.69, 9.17) is 0 Å². The third-order valence-corrected chi connectivity index (χ3v) is 7.10. The van der Waals surface area contributed by atoms with Crippen molar-refractivity contribution in [2.75, 3.05) is 19.6 Å². The molecule has 0 aromatic rings. The number of hydrogen-bond acceptors (Lipinski definition) is 1. The van der Waals surface area contributed by atoms with Gasteiger partial charge in [0.1, 0.15) is 0 Å². The van der Waals surface area contributed by atoms with E-state index in [1.165, 1.54) is 134 Å². The van der Waals surface area contributed by atoms with Crippen LogP contribution in [0, 0.1) is 0 Å². The van der Waals surface area contributed by atoms with Crippen molar-refractivity contribution in [3.8, 4) is 0 Å². The van der Waals surface area contributed by atoms with Gasteiger partial charge in [-0.1, -0.05) is 132 Å².